The van der Waals surface area contributed by atoms with Crippen LogP contribution in [0.1, 0.15) is 41.6 Å². The number of rotatable bonds is 10. The van der Waals surface area contributed by atoms with Crippen molar-refractivity contribution in [3.05, 3.63) is 58.7 Å². The van der Waals surface area contributed by atoms with Crippen LogP contribution in [0.15, 0.2) is 42.5 Å². The van der Waals surface area contributed by atoms with Gasteiger partial charge in [-0.1, -0.05) is 11.6 Å². The Morgan fingerprint density at radius 1 is 0.923 bits per heavy atom. The first kappa shape index (κ1) is 29.3. The van der Waals surface area contributed by atoms with E-state index in [2.05, 4.69) is 26.1 Å². The minimum atomic E-state index is -0.728. The van der Waals surface area contributed by atoms with Gasteiger partial charge in [0.25, 0.3) is 11.8 Å². The number of aromatic amines is 1. The normalized spacial score (nSPS) is 10.9. The number of halogens is 1. The van der Waals surface area contributed by atoms with E-state index < -0.39 is 23.5 Å². The van der Waals surface area contributed by atoms with Crippen LogP contribution in [0.2, 0.25) is 5.02 Å². The average molecular weight is 560 g/mol. The molecule has 0 spiro atoms. The van der Waals surface area contributed by atoms with Gasteiger partial charge < -0.3 is 29.6 Å². The third-order valence-electron chi connectivity index (χ3n) is 4.91. The molecule has 3 rings (SSSR count). The second-order valence-corrected chi connectivity index (χ2v) is 9.51. The fourth-order valence-electron chi connectivity index (χ4n) is 3.17. The number of aromatic nitrogens is 2. The summed E-state index contributed by atoms with van der Waals surface area (Å²) in [6.07, 6.45) is -0.711. The minimum Gasteiger partial charge on any atom is -0.495 e. The van der Waals surface area contributed by atoms with Crippen LogP contribution in [0.5, 0.6) is 11.5 Å². The van der Waals surface area contributed by atoms with Gasteiger partial charge >= 0.3 is 6.09 Å². The predicted octanol–water partition coefficient (Wildman–Crippen LogP) is 4.95. The molecule has 2 aromatic carbocycles. The number of methoxy groups -OCH3 is 2. The van der Waals surface area contributed by atoms with E-state index >= 15 is 0 Å². The van der Waals surface area contributed by atoms with Gasteiger partial charge in [0.2, 0.25) is 0 Å². The zero-order chi connectivity index (χ0) is 28.6. The molecule has 4 N–H and O–H groups in total. The highest BCUT2D eigenvalue weighted by molar-refractivity contribution is 6.32. The van der Waals surface area contributed by atoms with Crippen molar-refractivity contribution in [2.24, 2.45) is 0 Å². The topological polar surface area (TPSA) is 153 Å². The van der Waals surface area contributed by atoms with Gasteiger partial charge in [-0.25, -0.2) is 4.79 Å². The molecular weight excluding hydrogens is 530 g/mol. The van der Waals surface area contributed by atoms with Crippen molar-refractivity contribution in [3.8, 4) is 11.5 Å². The van der Waals surface area contributed by atoms with E-state index in [4.69, 9.17) is 30.5 Å². The first-order valence-electron chi connectivity index (χ1n) is 11.8. The lowest BCUT2D eigenvalue weighted by molar-refractivity contribution is 0.0635. The zero-order valence-corrected chi connectivity index (χ0v) is 22.9. The molecule has 0 aliphatic rings. The summed E-state index contributed by atoms with van der Waals surface area (Å²) in [7, 11) is 3.03. The van der Waals surface area contributed by atoms with Gasteiger partial charge in [0, 0.05) is 24.8 Å². The quantitative estimate of drug-likeness (QED) is 0.255. The molecule has 1 heterocycles. The summed E-state index contributed by atoms with van der Waals surface area (Å²) in [6, 6.07) is 10.7. The molecule has 1 aromatic heterocycles. The van der Waals surface area contributed by atoms with Crippen LogP contribution < -0.4 is 25.4 Å². The lowest BCUT2D eigenvalue weighted by Gasteiger charge is -2.21. The van der Waals surface area contributed by atoms with E-state index in [0.29, 0.717) is 24.7 Å². The molecule has 0 aliphatic heterocycles. The zero-order valence-electron chi connectivity index (χ0n) is 22.1. The maximum atomic E-state index is 12.9. The van der Waals surface area contributed by atoms with Gasteiger partial charge in [-0.05, 0) is 51.1 Å². The summed E-state index contributed by atoms with van der Waals surface area (Å²) in [4.78, 5) is 37.9. The number of benzene rings is 2. The van der Waals surface area contributed by atoms with Gasteiger partial charge in [-0.15, -0.1) is 0 Å². The van der Waals surface area contributed by atoms with Crippen molar-refractivity contribution in [3.63, 3.8) is 0 Å². The standard InChI is InChI=1S/C26H30ClN5O7/c1-26(2,3)39-25(35)29-19-13-16(38-11-10-36-4)7-8-18(19)28-24(34)20-14-22(32-31-20)30-23(33)15-6-9-21(37-5)17(27)12-15/h6-9,12-14H,10-11H2,1-5H3,(H,28,34)(H,29,35)(H2,30,31,32,33). The summed E-state index contributed by atoms with van der Waals surface area (Å²) in [6.45, 7) is 5.86. The largest absolute Gasteiger partial charge is 0.495 e. The number of anilines is 3. The fraction of sp³-hybridized carbons (Fsp3) is 0.308. The molecule has 0 aliphatic carbocycles. The fourth-order valence-corrected chi connectivity index (χ4v) is 3.43. The molecule has 0 saturated carbocycles. The van der Waals surface area contributed by atoms with Crippen LogP contribution in [-0.4, -0.2) is 61.1 Å². The summed E-state index contributed by atoms with van der Waals surface area (Å²) in [5.41, 5.74) is 0.130. The molecule has 13 heteroatoms. The first-order chi connectivity index (χ1) is 18.5. The van der Waals surface area contributed by atoms with Crippen molar-refractivity contribution in [1.82, 2.24) is 10.2 Å². The number of nitrogens with zero attached hydrogens (tertiary/aromatic N) is 1. The van der Waals surface area contributed by atoms with E-state index in [1.54, 1.807) is 58.2 Å². The van der Waals surface area contributed by atoms with Crippen LogP contribution in [0.4, 0.5) is 22.0 Å². The van der Waals surface area contributed by atoms with Crippen molar-refractivity contribution < 1.29 is 33.3 Å². The average Bonchev–Trinajstić information content (AvgIpc) is 3.33. The molecule has 0 fully saturated rings. The smallest absolute Gasteiger partial charge is 0.412 e. The Kier molecular flexibility index (Phi) is 9.74. The second kappa shape index (κ2) is 13.0. The second-order valence-electron chi connectivity index (χ2n) is 9.10. The Hall–Kier alpha value is -4.29. The van der Waals surface area contributed by atoms with Crippen LogP contribution in [0, 0.1) is 0 Å². The van der Waals surface area contributed by atoms with Crippen LogP contribution >= 0.6 is 11.6 Å². The number of hydrogen-bond acceptors (Lipinski definition) is 8. The lowest BCUT2D eigenvalue weighted by Crippen LogP contribution is -2.27. The highest BCUT2D eigenvalue weighted by Gasteiger charge is 2.20. The summed E-state index contributed by atoms with van der Waals surface area (Å²) >= 11 is 6.09. The highest BCUT2D eigenvalue weighted by Crippen LogP contribution is 2.29. The number of carbonyl (C=O) groups is 3. The maximum Gasteiger partial charge on any atom is 0.412 e. The Bertz CT molecular complexity index is 1340. The molecule has 0 atom stereocenters. The molecule has 3 aromatic rings. The minimum absolute atomic E-state index is 0.0571. The summed E-state index contributed by atoms with van der Waals surface area (Å²) < 4.78 is 21.0. The molecular formula is C26H30ClN5O7. The molecule has 208 valence electrons. The molecule has 0 radical (unpaired) electrons. The molecule has 0 saturated heterocycles. The molecule has 3 amide bonds. The van der Waals surface area contributed by atoms with E-state index in [0.717, 1.165) is 0 Å². The van der Waals surface area contributed by atoms with Crippen LogP contribution in [0.25, 0.3) is 0 Å². The van der Waals surface area contributed by atoms with Gasteiger partial charge in [-0.3, -0.25) is 20.0 Å². The first-order valence-corrected chi connectivity index (χ1v) is 12.1. The van der Waals surface area contributed by atoms with Crippen LogP contribution in [-0.2, 0) is 9.47 Å². The van der Waals surface area contributed by atoms with Crippen molar-refractivity contribution in [2.75, 3.05) is 43.4 Å². The SMILES string of the molecule is COCCOc1ccc(NC(=O)c2cc(NC(=O)c3ccc(OC)c(Cl)c3)n[nH]2)c(NC(=O)OC(C)(C)C)c1. The maximum absolute atomic E-state index is 12.9. The van der Waals surface area contributed by atoms with Gasteiger partial charge in [0.15, 0.2) is 5.82 Å². The molecule has 0 unspecified atom stereocenters. The van der Waals surface area contributed by atoms with E-state index in [-0.39, 0.29) is 33.5 Å². The number of carbonyl (C=O) groups excluding carboxylic acids is 3. The molecule has 0 bridgehead atoms. The number of nitrogens with one attached hydrogen (secondary N) is 4. The van der Waals surface area contributed by atoms with Gasteiger partial charge in [0.05, 0.1) is 30.1 Å². The van der Waals surface area contributed by atoms with Crippen molar-refractivity contribution >= 4 is 46.7 Å². The van der Waals surface area contributed by atoms with E-state index in [1.165, 1.54) is 19.2 Å². The third kappa shape index (κ3) is 8.62. The van der Waals surface area contributed by atoms with Gasteiger partial charge in [-0.2, -0.15) is 5.10 Å². The number of H-pyrrole nitrogens is 1. The number of ether oxygens (including phenoxy) is 4. The lowest BCUT2D eigenvalue weighted by atomic mass is 10.2. The van der Waals surface area contributed by atoms with Crippen molar-refractivity contribution in [2.45, 2.75) is 26.4 Å². The third-order valence-corrected chi connectivity index (χ3v) is 5.20. The predicted molar refractivity (Wildman–Crippen MR) is 146 cm³/mol. The molecule has 39 heavy (non-hydrogen) atoms. The number of amides is 3. The van der Waals surface area contributed by atoms with Gasteiger partial charge in [0.1, 0.15) is 29.4 Å². The van der Waals surface area contributed by atoms with E-state index in [9.17, 15) is 14.4 Å². The highest BCUT2D eigenvalue weighted by atomic mass is 35.5. The van der Waals surface area contributed by atoms with E-state index in [1.807, 2.05) is 0 Å². The summed E-state index contributed by atoms with van der Waals surface area (Å²) in [5, 5.41) is 14.7. The Morgan fingerprint density at radius 2 is 1.69 bits per heavy atom. The summed E-state index contributed by atoms with van der Waals surface area (Å²) in [5.74, 6) is -0.0592. The van der Waals surface area contributed by atoms with Crippen LogP contribution in [0.3, 0.4) is 0 Å². The number of hydrogen-bond donors (Lipinski definition) is 4. The Labute approximate surface area is 230 Å². The Morgan fingerprint density at radius 3 is 2.36 bits per heavy atom. The Balaban J connectivity index is 1.73. The molecule has 12 nitrogen and oxygen atoms in total. The van der Waals surface area contributed by atoms with Crippen molar-refractivity contribution in [1.29, 1.82) is 0 Å². The monoisotopic (exact) mass is 559 g/mol.